The van der Waals surface area contributed by atoms with Crippen molar-refractivity contribution in [3.05, 3.63) is 48.3 Å². The average Bonchev–Trinajstić information content (AvgIpc) is 2.83. The summed E-state index contributed by atoms with van der Waals surface area (Å²) in [7, 11) is 0. The first-order chi connectivity index (χ1) is 8.75. The highest BCUT2D eigenvalue weighted by molar-refractivity contribution is 6.00. The molecule has 0 unspecified atom stereocenters. The van der Waals surface area contributed by atoms with Gasteiger partial charge >= 0.3 is 5.97 Å². The van der Waals surface area contributed by atoms with Crippen LogP contribution in [0.2, 0.25) is 0 Å². The van der Waals surface area contributed by atoms with E-state index in [1.807, 2.05) is 0 Å². The summed E-state index contributed by atoms with van der Waals surface area (Å²) in [5.74, 6) is -0.654. The highest BCUT2D eigenvalue weighted by Gasteiger charge is 2.15. The zero-order valence-corrected chi connectivity index (χ0v) is 9.20. The molecule has 0 radical (unpaired) electrons. The summed E-state index contributed by atoms with van der Waals surface area (Å²) in [6, 6.07) is 8.39. The number of hydrogen-bond donors (Lipinski definition) is 1. The maximum atomic E-state index is 11.1. The number of fused-ring (bicyclic) bond motifs is 1. The first kappa shape index (κ1) is 10.5. The van der Waals surface area contributed by atoms with Crippen LogP contribution in [0, 0.1) is 0 Å². The van der Waals surface area contributed by atoms with Gasteiger partial charge in [-0.05, 0) is 24.3 Å². The normalized spacial score (nSPS) is 10.7. The molecule has 0 aliphatic rings. The number of nitrogens with zero attached hydrogens (tertiary/aromatic N) is 2. The Morgan fingerprint density at radius 1 is 1.22 bits per heavy atom. The first-order valence-corrected chi connectivity index (χ1v) is 5.29. The SMILES string of the molecule is O=C(O)c1cccc2oc(-c3cccnc3)nc12. The van der Waals surface area contributed by atoms with Crippen LogP contribution < -0.4 is 0 Å². The van der Waals surface area contributed by atoms with E-state index in [1.165, 1.54) is 6.07 Å². The maximum Gasteiger partial charge on any atom is 0.338 e. The Kier molecular flexibility index (Phi) is 2.30. The predicted molar refractivity (Wildman–Crippen MR) is 64.2 cm³/mol. The third-order valence-electron chi connectivity index (χ3n) is 2.56. The molecule has 1 N–H and O–H groups in total. The number of carboxylic acid groups (broad SMARTS) is 1. The van der Waals surface area contributed by atoms with E-state index in [4.69, 9.17) is 9.52 Å². The zero-order chi connectivity index (χ0) is 12.5. The molecule has 0 aliphatic heterocycles. The summed E-state index contributed by atoms with van der Waals surface area (Å²) in [4.78, 5) is 19.3. The van der Waals surface area contributed by atoms with E-state index >= 15 is 0 Å². The number of hydrogen-bond acceptors (Lipinski definition) is 4. The fourth-order valence-corrected chi connectivity index (χ4v) is 1.73. The van der Waals surface area contributed by atoms with E-state index < -0.39 is 5.97 Å². The molecule has 2 heterocycles. The van der Waals surface area contributed by atoms with Crippen molar-refractivity contribution in [2.24, 2.45) is 0 Å². The van der Waals surface area contributed by atoms with Crippen LogP contribution in [0.1, 0.15) is 10.4 Å². The van der Waals surface area contributed by atoms with Gasteiger partial charge < -0.3 is 9.52 Å². The highest BCUT2D eigenvalue weighted by atomic mass is 16.4. The second-order valence-electron chi connectivity index (χ2n) is 3.72. The molecule has 0 saturated carbocycles. The summed E-state index contributed by atoms with van der Waals surface area (Å²) >= 11 is 0. The highest BCUT2D eigenvalue weighted by Crippen LogP contribution is 2.25. The lowest BCUT2D eigenvalue weighted by Gasteiger charge is -1.92. The van der Waals surface area contributed by atoms with Crippen LogP contribution in [0.15, 0.2) is 47.1 Å². The van der Waals surface area contributed by atoms with E-state index in [9.17, 15) is 4.79 Å². The molecule has 2 aromatic heterocycles. The lowest BCUT2D eigenvalue weighted by Crippen LogP contribution is -1.96. The van der Waals surface area contributed by atoms with Gasteiger partial charge in [-0.25, -0.2) is 9.78 Å². The molecule has 0 amide bonds. The van der Waals surface area contributed by atoms with Crippen LogP contribution in [0.3, 0.4) is 0 Å². The molecular weight excluding hydrogens is 232 g/mol. The Labute approximate surface area is 102 Å². The van der Waals surface area contributed by atoms with Crippen LogP contribution in [0.5, 0.6) is 0 Å². The third kappa shape index (κ3) is 1.62. The number of aromatic nitrogens is 2. The van der Waals surface area contributed by atoms with E-state index in [-0.39, 0.29) is 5.56 Å². The van der Waals surface area contributed by atoms with E-state index in [1.54, 1.807) is 36.7 Å². The maximum absolute atomic E-state index is 11.1. The van der Waals surface area contributed by atoms with Crippen LogP contribution in [0.4, 0.5) is 0 Å². The molecule has 0 bridgehead atoms. The molecule has 5 nitrogen and oxygen atoms in total. The summed E-state index contributed by atoms with van der Waals surface area (Å²) in [5, 5.41) is 9.07. The molecule has 1 aromatic carbocycles. The predicted octanol–water partition coefficient (Wildman–Crippen LogP) is 2.59. The number of para-hydroxylation sites is 1. The van der Waals surface area contributed by atoms with Crippen molar-refractivity contribution in [2.45, 2.75) is 0 Å². The number of benzene rings is 1. The third-order valence-corrected chi connectivity index (χ3v) is 2.56. The lowest BCUT2D eigenvalue weighted by molar-refractivity contribution is 0.0699. The summed E-state index contributed by atoms with van der Waals surface area (Å²) < 4.78 is 5.53. The van der Waals surface area contributed by atoms with Crippen LogP contribution in [-0.4, -0.2) is 21.0 Å². The molecule has 88 valence electrons. The molecule has 0 spiro atoms. The van der Waals surface area contributed by atoms with Gasteiger partial charge in [-0.2, -0.15) is 0 Å². The molecule has 0 fully saturated rings. The van der Waals surface area contributed by atoms with Gasteiger partial charge in [-0.1, -0.05) is 6.07 Å². The van der Waals surface area contributed by atoms with Crippen molar-refractivity contribution in [1.29, 1.82) is 0 Å². The van der Waals surface area contributed by atoms with Crippen molar-refractivity contribution in [3.8, 4) is 11.5 Å². The summed E-state index contributed by atoms with van der Waals surface area (Å²) in [5.41, 5.74) is 1.65. The minimum Gasteiger partial charge on any atom is -0.478 e. The Morgan fingerprint density at radius 3 is 2.83 bits per heavy atom. The number of rotatable bonds is 2. The van der Waals surface area contributed by atoms with E-state index in [0.29, 0.717) is 22.6 Å². The summed E-state index contributed by atoms with van der Waals surface area (Å²) in [6.07, 6.45) is 3.26. The Hall–Kier alpha value is -2.69. The smallest absolute Gasteiger partial charge is 0.338 e. The number of oxazole rings is 1. The van der Waals surface area contributed by atoms with Gasteiger partial charge in [0.05, 0.1) is 11.1 Å². The number of pyridine rings is 1. The Balaban J connectivity index is 2.23. The van der Waals surface area contributed by atoms with Gasteiger partial charge in [-0.15, -0.1) is 0 Å². The Morgan fingerprint density at radius 2 is 2.11 bits per heavy atom. The molecule has 18 heavy (non-hydrogen) atoms. The van der Waals surface area contributed by atoms with Gasteiger partial charge in [-0.3, -0.25) is 4.98 Å². The second-order valence-corrected chi connectivity index (χ2v) is 3.72. The number of carboxylic acids is 1. The van der Waals surface area contributed by atoms with Gasteiger partial charge in [0.15, 0.2) is 5.58 Å². The van der Waals surface area contributed by atoms with Gasteiger partial charge in [0.25, 0.3) is 0 Å². The number of aromatic carboxylic acids is 1. The van der Waals surface area contributed by atoms with Crippen LogP contribution in [0.25, 0.3) is 22.6 Å². The van der Waals surface area contributed by atoms with E-state index in [0.717, 1.165) is 0 Å². The average molecular weight is 240 g/mol. The molecule has 0 saturated heterocycles. The minimum atomic E-state index is -1.02. The zero-order valence-electron chi connectivity index (χ0n) is 9.20. The van der Waals surface area contributed by atoms with Crippen molar-refractivity contribution in [2.75, 3.05) is 0 Å². The minimum absolute atomic E-state index is 0.131. The quantitative estimate of drug-likeness (QED) is 0.745. The second kappa shape index (κ2) is 3.96. The monoisotopic (exact) mass is 240 g/mol. The molecule has 0 aliphatic carbocycles. The molecule has 0 atom stereocenters. The lowest BCUT2D eigenvalue weighted by atomic mass is 10.2. The molecule has 3 aromatic rings. The first-order valence-electron chi connectivity index (χ1n) is 5.29. The van der Waals surface area contributed by atoms with Crippen molar-refractivity contribution >= 4 is 17.1 Å². The number of carbonyl (C=O) groups is 1. The van der Waals surface area contributed by atoms with Gasteiger partial charge in [0.2, 0.25) is 5.89 Å². The fraction of sp³-hybridized carbons (Fsp3) is 0. The molecule has 3 rings (SSSR count). The standard InChI is InChI=1S/C13H8N2O3/c16-13(17)9-4-1-5-10-11(9)15-12(18-10)8-3-2-6-14-7-8/h1-7H,(H,16,17). The topological polar surface area (TPSA) is 76.2 Å². The van der Waals surface area contributed by atoms with Gasteiger partial charge in [0, 0.05) is 12.4 Å². The Bertz CT molecular complexity index is 719. The largest absolute Gasteiger partial charge is 0.478 e. The summed E-state index contributed by atoms with van der Waals surface area (Å²) in [6.45, 7) is 0. The van der Waals surface area contributed by atoms with Gasteiger partial charge in [0.1, 0.15) is 5.52 Å². The van der Waals surface area contributed by atoms with Crippen molar-refractivity contribution in [3.63, 3.8) is 0 Å². The van der Waals surface area contributed by atoms with Crippen molar-refractivity contribution < 1.29 is 14.3 Å². The van der Waals surface area contributed by atoms with Crippen LogP contribution in [-0.2, 0) is 0 Å². The van der Waals surface area contributed by atoms with E-state index in [2.05, 4.69) is 9.97 Å². The fourth-order valence-electron chi connectivity index (χ4n) is 1.73. The van der Waals surface area contributed by atoms with Crippen molar-refractivity contribution in [1.82, 2.24) is 9.97 Å². The molecule has 5 heteroatoms. The van der Waals surface area contributed by atoms with Crippen LogP contribution >= 0.6 is 0 Å². The molecular formula is C13H8N2O3.